The first kappa shape index (κ1) is 14.4. The number of rotatable bonds is 4. The van der Waals surface area contributed by atoms with Gasteiger partial charge in [0.2, 0.25) is 5.82 Å². The van der Waals surface area contributed by atoms with E-state index in [0.29, 0.717) is 17.4 Å². The number of carbonyl (C=O) groups is 1. The van der Waals surface area contributed by atoms with Gasteiger partial charge < -0.3 is 14.3 Å². The Balaban J connectivity index is 1.51. The molecular formula is C17H11N3O3S. The zero-order valence-corrected chi connectivity index (χ0v) is 13.1. The molecule has 0 radical (unpaired) electrons. The lowest BCUT2D eigenvalue weighted by atomic mass is 10.2. The van der Waals surface area contributed by atoms with Crippen molar-refractivity contribution in [3.05, 3.63) is 65.9 Å². The van der Waals surface area contributed by atoms with Gasteiger partial charge in [-0.2, -0.15) is 4.98 Å². The third-order valence-corrected chi connectivity index (χ3v) is 4.16. The normalized spacial score (nSPS) is 10.7. The standard InChI is InChI=1S/C17H11N3O3S/c21-16(13-3-1-9-22-13)18-12-7-5-11(6-8-12)15-19-17(23-20-15)14-4-2-10-24-14/h1-10H,(H,18,21). The molecule has 0 fully saturated rings. The molecule has 0 saturated heterocycles. The second kappa shape index (κ2) is 6.13. The number of nitrogens with zero attached hydrogens (tertiary/aromatic N) is 2. The van der Waals surface area contributed by atoms with Gasteiger partial charge in [0.15, 0.2) is 5.76 Å². The summed E-state index contributed by atoms with van der Waals surface area (Å²) in [6, 6.07) is 14.3. The Morgan fingerprint density at radius 1 is 1.08 bits per heavy atom. The van der Waals surface area contributed by atoms with Crippen molar-refractivity contribution in [2.75, 3.05) is 5.32 Å². The summed E-state index contributed by atoms with van der Waals surface area (Å²) in [7, 11) is 0. The maximum atomic E-state index is 11.9. The first-order valence-corrected chi connectivity index (χ1v) is 8.00. The molecule has 0 spiro atoms. The van der Waals surface area contributed by atoms with Crippen LogP contribution in [0.2, 0.25) is 0 Å². The third-order valence-electron chi connectivity index (χ3n) is 3.30. The van der Waals surface area contributed by atoms with Crippen LogP contribution in [0.4, 0.5) is 5.69 Å². The Hall–Kier alpha value is -3.19. The van der Waals surface area contributed by atoms with Gasteiger partial charge in [-0.15, -0.1) is 11.3 Å². The average Bonchev–Trinajstić information content (AvgIpc) is 3.35. The summed E-state index contributed by atoms with van der Waals surface area (Å²) in [6.07, 6.45) is 1.46. The molecule has 0 atom stereocenters. The predicted molar refractivity (Wildman–Crippen MR) is 89.7 cm³/mol. The zero-order chi connectivity index (χ0) is 16.4. The molecule has 4 aromatic rings. The third kappa shape index (κ3) is 2.84. The number of aromatic nitrogens is 2. The van der Waals surface area contributed by atoms with Gasteiger partial charge in [0.25, 0.3) is 11.8 Å². The lowest BCUT2D eigenvalue weighted by Gasteiger charge is -2.03. The smallest absolute Gasteiger partial charge is 0.291 e. The molecule has 24 heavy (non-hydrogen) atoms. The molecular weight excluding hydrogens is 326 g/mol. The fourth-order valence-electron chi connectivity index (χ4n) is 2.14. The number of benzene rings is 1. The first-order valence-electron chi connectivity index (χ1n) is 7.12. The van der Waals surface area contributed by atoms with Crippen LogP contribution in [0, 0.1) is 0 Å². The summed E-state index contributed by atoms with van der Waals surface area (Å²) in [4.78, 5) is 17.2. The van der Waals surface area contributed by atoms with E-state index in [-0.39, 0.29) is 11.7 Å². The lowest BCUT2D eigenvalue weighted by Crippen LogP contribution is -2.10. The number of furan rings is 1. The summed E-state index contributed by atoms with van der Waals surface area (Å²) in [5.41, 5.74) is 1.46. The van der Waals surface area contributed by atoms with Crippen molar-refractivity contribution in [1.29, 1.82) is 0 Å². The van der Waals surface area contributed by atoms with E-state index in [1.165, 1.54) is 17.6 Å². The van der Waals surface area contributed by atoms with E-state index in [2.05, 4.69) is 15.5 Å². The molecule has 6 nitrogen and oxygen atoms in total. The number of thiophene rings is 1. The minimum absolute atomic E-state index is 0.262. The number of anilines is 1. The molecule has 0 bridgehead atoms. The molecule has 0 saturated carbocycles. The fourth-order valence-corrected chi connectivity index (χ4v) is 2.79. The molecule has 1 aromatic carbocycles. The quantitative estimate of drug-likeness (QED) is 0.600. The predicted octanol–water partition coefficient (Wildman–Crippen LogP) is 4.31. The Morgan fingerprint density at radius 3 is 2.67 bits per heavy atom. The van der Waals surface area contributed by atoms with E-state index >= 15 is 0 Å². The summed E-state index contributed by atoms with van der Waals surface area (Å²) in [5, 5.41) is 8.70. The first-order chi connectivity index (χ1) is 11.8. The van der Waals surface area contributed by atoms with Crippen LogP contribution in [0.1, 0.15) is 10.6 Å². The second-order valence-corrected chi connectivity index (χ2v) is 5.86. The average molecular weight is 337 g/mol. The highest BCUT2D eigenvalue weighted by molar-refractivity contribution is 7.13. The van der Waals surface area contributed by atoms with Crippen LogP contribution in [0.15, 0.2) is 69.1 Å². The van der Waals surface area contributed by atoms with Crippen LogP contribution in [-0.4, -0.2) is 16.0 Å². The summed E-state index contributed by atoms with van der Waals surface area (Å²) < 4.78 is 10.3. The highest BCUT2D eigenvalue weighted by atomic mass is 32.1. The van der Waals surface area contributed by atoms with Gasteiger partial charge in [-0.05, 0) is 47.8 Å². The van der Waals surface area contributed by atoms with E-state index in [1.807, 2.05) is 29.6 Å². The molecule has 0 aliphatic rings. The van der Waals surface area contributed by atoms with Gasteiger partial charge in [-0.3, -0.25) is 4.79 Å². The highest BCUT2D eigenvalue weighted by Gasteiger charge is 2.12. The molecule has 0 unspecified atom stereocenters. The number of hydrogen-bond donors (Lipinski definition) is 1. The van der Waals surface area contributed by atoms with Crippen molar-refractivity contribution < 1.29 is 13.7 Å². The van der Waals surface area contributed by atoms with E-state index in [4.69, 9.17) is 8.94 Å². The van der Waals surface area contributed by atoms with Crippen LogP contribution in [0.3, 0.4) is 0 Å². The minimum atomic E-state index is -0.299. The van der Waals surface area contributed by atoms with Gasteiger partial charge in [-0.25, -0.2) is 0 Å². The SMILES string of the molecule is O=C(Nc1ccc(-c2noc(-c3cccs3)n2)cc1)c1ccco1. The van der Waals surface area contributed by atoms with Gasteiger partial charge in [0, 0.05) is 11.3 Å². The maximum Gasteiger partial charge on any atom is 0.291 e. The van der Waals surface area contributed by atoms with Crippen molar-refractivity contribution >= 4 is 22.9 Å². The second-order valence-electron chi connectivity index (χ2n) is 4.91. The highest BCUT2D eigenvalue weighted by Crippen LogP contribution is 2.26. The topological polar surface area (TPSA) is 81.2 Å². The summed E-state index contributed by atoms with van der Waals surface area (Å²) >= 11 is 1.54. The molecule has 1 amide bonds. The van der Waals surface area contributed by atoms with Crippen LogP contribution >= 0.6 is 11.3 Å². The van der Waals surface area contributed by atoms with Gasteiger partial charge in [-0.1, -0.05) is 11.2 Å². The number of hydrogen-bond acceptors (Lipinski definition) is 6. The Kier molecular flexibility index (Phi) is 3.68. The lowest BCUT2D eigenvalue weighted by molar-refractivity contribution is 0.0996. The molecule has 4 rings (SSSR count). The molecule has 0 aliphatic heterocycles. The maximum absolute atomic E-state index is 11.9. The van der Waals surface area contributed by atoms with Crippen molar-refractivity contribution in [3.63, 3.8) is 0 Å². The van der Waals surface area contributed by atoms with E-state index in [1.54, 1.807) is 24.3 Å². The Morgan fingerprint density at radius 2 is 1.96 bits per heavy atom. The number of nitrogens with one attached hydrogen (secondary N) is 1. The van der Waals surface area contributed by atoms with E-state index < -0.39 is 0 Å². The van der Waals surface area contributed by atoms with Gasteiger partial charge in [0.1, 0.15) is 0 Å². The van der Waals surface area contributed by atoms with Crippen molar-refractivity contribution in [2.45, 2.75) is 0 Å². The van der Waals surface area contributed by atoms with E-state index in [0.717, 1.165) is 10.4 Å². The van der Waals surface area contributed by atoms with Gasteiger partial charge >= 0.3 is 0 Å². The van der Waals surface area contributed by atoms with Crippen molar-refractivity contribution in [3.8, 4) is 22.2 Å². The van der Waals surface area contributed by atoms with Crippen LogP contribution < -0.4 is 5.32 Å². The van der Waals surface area contributed by atoms with Gasteiger partial charge in [0.05, 0.1) is 11.1 Å². The Bertz CT molecular complexity index is 942. The van der Waals surface area contributed by atoms with Crippen LogP contribution in [-0.2, 0) is 0 Å². The zero-order valence-electron chi connectivity index (χ0n) is 12.3. The fraction of sp³-hybridized carbons (Fsp3) is 0. The molecule has 7 heteroatoms. The number of amides is 1. The summed E-state index contributed by atoms with van der Waals surface area (Å²) in [5.74, 6) is 0.961. The van der Waals surface area contributed by atoms with Crippen LogP contribution in [0.25, 0.3) is 22.2 Å². The largest absolute Gasteiger partial charge is 0.459 e. The number of carbonyl (C=O) groups excluding carboxylic acids is 1. The van der Waals surface area contributed by atoms with E-state index in [9.17, 15) is 4.79 Å². The van der Waals surface area contributed by atoms with Crippen molar-refractivity contribution in [1.82, 2.24) is 10.1 Å². The molecule has 118 valence electrons. The van der Waals surface area contributed by atoms with Crippen LogP contribution in [0.5, 0.6) is 0 Å². The minimum Gasteiger partial charge on any atom is -0.459 e. The monoisotopic (exact) mass is 337 g/mol. The summed E-state index contributed by atoms with van der Waals surface area (Å²) in [6.45, 7) is 0. The molecule has 3 aromatic heterocycles. The Labute approximate surface area is 140 Å². The van der Waals surface area contributed by atoms with Crippen molar-refractivity contribution in [2.24, 2.45) is 0 Å². The molecule has 0 aliphatic carbocycles. The molecule has 1 N–H and O–H groups in total. The molecule has 3 heterocycles.